The van der Waals surface area contributed by atoms with Crippen LogP contribution in [0.5, 0.6) is 0 Å². The van der Waals surface area contributed by atoms with Gasteiger partial charge in [0.15, 0.2) is 0 Å². The molecule has 8 heteroatoms. The van der Waals surface area contributed by atoms with E-state index in [-0.39, 0.29) is 23.9 Å². The Morgan fingerprint density at radius 3 is 2.40 bits per heavy atom. The van der Waals surface area contributed by atoms with Gasteiger partial charge >= 0.3 is 6.03 Å². The summed E-state index contributed by atoms with van der Waals surface area (Å²) >= 11 is 0. The van der Waals surface area contributed by atoms with Gasteiger partial charge in [0.25, 0.3) is 0 Å². The number of rotatable bonds is 5. The summed E-state index contributed by atoms with van der Waals surface area (Å²) in [5, 5.41) is 16.1. The fraction of sp³-hybridized carbons (Fsp3) is 0.864. The van der Waals surface area contributed by atoms with E-state index < -0.39 is 5.54 Å². The molecule has 2 saturated carbocycles. The Balaban J connectivity index is 1.33. The van der Waals surface area contributed by atoms with E-state index in [0.717, 1.165) is 51.2 Å². The third-order valence-electron chi connectivity index (χ3n) is 7.21. The Morgan fingerprint density at radius 1 is 1.03 bits per heavy atom. The zero-order chi connectivity index (χ0) is 21.0. The number of nitrogens with zero attached hydrogens (tertiary/aromatic N) is 3. The lowest BCUT2D eigenvalue weighted by Gasteiger charge is -2.40. The van der Waals surface area contributed by atoms with Gasteiger partial charge in [-0.15, -0.1) is 0 Å². The van der Waals surface area contributed by atoms with Crippen molar-refractivity contribution in [3.8, 4) is 6.07 Å². The maximum absolute atomic E-state index is 13.2. The minimum atomic E-state index is -0.770. The predicted octanol–water partition coefficient (Wildman–Crippen LogP) is 1.47. The Morgan fingerprint density at radius 2 is 1.73 bits per heavy atom. The van der Waals surface area contributed by atoms with Crippen LogP contribution in [-0.2, 0) is 9.53 Å². The van der Waals surface area contributed by atoms with Crippen molar-refractivity contribution >= 4 is 11.9 Å². The van der Waals surface area contributed by atoms with Crippen LogP contribution >= 0.6 is 0 Å². The van der Waals surface area contributed by atoms with Crippen LogP contribution in [0.2, 0.25) is 0 Å². The highest BCUT2D eigenvalue weighted by molar-refractivity contribution is 5.82. The van der Waals surface area contributed by atoms with E-state index in [1.807, 2.05) is 0 Å². The molecule has 0 aromatic rings. The topological polar surface area (TPSA) is 97.7 Å². The molecule has 2 aliphatic carbocycles. The molecule has 30 heavy (non-hydrogen) atoms. The average Bonchev–Trinajstić information content (AvgIpc) is 3.60. The van der Waals surface area contributed by atoms with Crippen molar-refractivity contribution in [2.24, 2.45) is 11.8 Å². The zero-order valence-electron chi connectivity index (χ0n) is 17.9. The van der Waals surface area contributed by atoms with E-state index in [2.05, 4.69) is 21.6 Å². The maximum Gasteiger partial charge on any atom is 0.317 e. The van der Waals surface area contributed by atoms with Crippen LogP contribution in [0.25, 0.3) is 0 Å². The monoisotopic (exact) mass is 417 g/mol. The number of likely N-dealkylation sites (tertiary alicyclic amines) is 1. The normalized spacial score (nSPS) is 29.6. The minimum Gasteiger partial charge on any atom is -0.378 e. The summed E-state index contributed by atoms with van der Waals surface area (Å²) in [6.45, 7) is 5.16. The maximum atomic E-state index is 13.2. The van der Waals surface area contributed by atoms with Gasteiger partial charge in [-0.05, 0) is 44.4 Å². The first-order valence-corrected chi connectivity index (χ1v) is 11.7. The lowest BCUT2D eigenvalue weighted by atomic mass is 9.82. The second-order valence-corrected chi connectivity index (χ2v) is 9.47. The predicted molar refractivity (Wildman–Crippen MR) is 112 cm³/mol. The van der Waals surface area contributed by atoms with Gasteiger partial charge in [-0.1, -0.05) is 12.8 Å². The molecule has 4 aliphatic rings. The van der Waals surface area contributed by atoms with Crippen LogP contribution in [0.1, 0.15) is 51.4 Å². The largest absolute Gasteiger partial charge is 0.378 e. The second kappa shape index (κ2) is 9.52. The van der Waals surface area contributed by atoms with Gasteiger partial charge < -0.3 is 25.2 Å². The molecule has 2 aliphatic heterocycles. The number of carbonyl (C=O) groups is 2. The van der Waals surface area contributed by atoms with Crippen molar-refractivity contribution in [3.63, 3.8) is 0 Å². The first-order valence-electron chi connectivity index (χ1n) is 11.7. The van der Waals surface area contributed by atoms with Crippen molar-refractivity contribution in [2.45, 2.75) is 62.9 Å². The highest BCUT2D eigenvalue weighted by Crippen LogP contribution is 2.32. The number of hydrogen-bond donors (Lipinski definition) is 2. The molecule has 0 radical (unpaired) electrons. The summed E-state index contributed by atoms with van der Waals surface area (Å²) in [5.74, 6) is 0.505. The minimum absolute atomic E-state index is 0.0702. The van der Waals surface area contributed by atoms with Crippen molar-refractivity contribution in [1.82, 2.24) is 20.4 Å². The Kier molecular flexibility index (Phi) is 6.79. The fourth-order valence-corrected chi connectivity index (χ4v) is 5.01. The summed E-state index contributed by atoms with van der Waals surface area (Å²) in [4.78, 5) is 30.0. The highest BCUT2D eigenvalue weighted by Gasteiger charge is 2.41. The molecule has 0 aromatic carbocycles. The van der Waals surface area contributed by atoms with Gasteiger partial charge in [0.2, 0.25) is 5.91 Å². The lowest BCUT2D eigenvalue weighted by Crippen LogP contribution is -2.59. The third kappa shape index (κ3) is 5.25. The summed E-state index contributed by atoms with van der Waals surface area (Å²) in [6.07, 6.45) is 7.58. The fourth-order valence-electron chi connectivity index (χ4n) is 5.01. The lowest BCUT2D eigenvalue weighted by molar-refractivity contribution is -0.128. The van der Waals surface area contributed by atoms with E-state index in [9.17, 15) is 14.9 Å². The SMILES string of the molecule is N#CC1(NC(=O)C2CCCCC2NC(=O)N2CCOCC2)CCN(CC2CC2)CC1. The molecule has 166 valence electrons. The van der Waals surface area contributed by atoms with Gasteiger partial charge in [0.1, 0.15) is 5.54 Å². The van der Waals surface area contributed by atoms with Crippen molar-refractivity contribution in [1.29, 1.82) is 5.26 Å². The van der Waals surface area contributed by atoms with Crippen molar-refractivity contribution in [3.05, 3.63) is 0 Å². The molecule has 2 atom stereocenters. The number of hydrogen-bond acceptors (Lipinski definition) is 5. The molecule has 2 saturated heterocycles. The molecule has 2 unspecified atom stereocenters. The molecule has 8 nitrogen and oxygen atoms in total. The molecule has 2 N–H and O–H groups in total. The average molecular weight is 418 g/mol. The summed E-state index contributed by atoms with van der Waals surface area (Å²) in [6, 6.07) is 2.14. The van der Waals surface area contributed by atoms with Crippen LogP contribution in [0.15, 0.2) is 0 Å². The van der Waals surface area contributed by atoms with E-state index in [1.54, 1.807) is 4.90 Å². The number of nitrogens with one attached hydrogen (secondary N) is 2. The molecular formula is C22H35N5O3. The number of carbonyl (C=O) groups excluding carboxylic acids is 2. The standard InChI is InChI=1S/C22H35N5O3/c23-16-22(7-9-26(10-8-22)15-17-5-6-17)25-20(28)18-3-1-2-4-19(18)24-21(29)27-11-13-30-14-12-27/h17-19H,1-15H2,(H,24,29)(H,25,28). The van der Waals surface area contributed by atoms with Crippen LogP contribution in [0, 0.1) is 23.2 Å². The summed E-state index contributed by atoms with van der Waals surface area (Å²) < 4.78 is 5.32. The van der Waals surface area contributed by atoms with Crippen LogP contribution in [0.3, 0.4) is 0 Å². The number of nitriles is 1. The Bertz CT molecular complexity index is 660. The zero-order valence-corrected chi connectivity index (χ0v) is 17.9. The van der Waals surface area contributed by atoms with Crippen molar-refractivity contribution in [2.75, 3.05) is 45.9 Å². The quantitative estimate of drug-likeness (QED) is 0.706. The molecule has 2 heterocycles. The van der Waals surface area contributed by atoms with Crippen LogP contribution in [-0.4, -0.2) is 79.3 Å². The first kappa shape index (κ1) is 21.4. The smallest absolute Gasteiger partial charge is 0.317 e. The highest BCUT2D eigenvalue weighted by atomic mass is 16.5. The van der Waals surface area contributed by atoms with E-state index >= 15 is 0 Å². The number of piperidine rings is 1. The first-order chi connectivity index (χ1) is 14.6. The third-order valence-corrected chi connectivity index (χ3v) is 7.21. The molecule has 3 amide bonds. The molecule has 0 bridgehead atoms. The van der Waals surface area contributed by atoms with Gasteiger partial charge in [-0.3, -0.25) is 4.79 Å². The second-order valence-electron chi connectivity index (χ2n) is 9.47. The molecule has 4 rings (SSSR count). The summed E-state index contributed by atoms with van der Waals surface area (Å²) in [7, 11) is 0. The number of urea groups is 1. The van der Waals surface area contributed by atoms with Crippen molar-refractivity contribution < 1.29 is 14.3 Å². The number of morpholine rings is 1. The molecule has 0 spiro atoms. The van der Waals surface area contributed by atoms with E-state index in [1.165, 1.54) is 12.8 Å². The Labute approximate surface area is 179 Å². The number of amides is 3. The molecule has 0 aromatic heterocycles. The van der Waals surface area contributed by atoms with E-state index in [0.29, 0.717) is 39.1 Å². The summed E-state index contributed by atoms with van der Waals surface area (Å²) in [5.41, 5.74) is -0.770. The van der Waals surface area contributed by atoms with Gasteiger partial charge in [-0.25, -0.2) is 4.79 Å². The van der Waals surface area contributed by atoms with Gasteiger partial charge in [0, 0.05) is 38.8 Å². The van der Waals surface area contributed by atoms with Gasteiger partial charge in [0.05, 0.1) is 25.2 Å². The number of ether oxygens (including phenoxy) is 1. The van der Waals surface area contributed by atoms with Gasteiger partial charge in [-0.2, -0.15) is 5.26 Å². The van der Waals surface area contributed by atoms with E-state index in [4.69, 9.17) is 4.74 Å². The van der Waals surface area contributed by atoms with Crippen LogP contribution < -0.4 is 10.6 Å². The Hall–Kier alpha value is -1.85. The molecule has 4 fully saturated rings. The van der Waals surface area contributed by atoms with Crippen LogP contribution in [0.4, 0.5) is 4.79 Å². The molecular weight excluding hydrogens is 382 g/mol.